The normalized spacial score (nSPS) is 17.6. The van der Waals surface area contributed by atoms with E-state index >= 15 is 0 Å². The first kappa shape index (κ1) is 15.2. The number of carboxylic acid groups (broad SMARTS) is 1. The Morgan fingerprint density at radius 2 is 2.00 bits per heavy atom. The molecule has 1 amide bonds. The van der Waals surface area contributed by atoms with Gasteiger partial charge in [0.1, 0.15) is 6.04 Å². The van der Waals surface area contributed by atoms with Gasteiger partial charge in [0.2, 0.25) is 5.91 Å². The standard InChI is InChI=1S/C15H19NO5/c1-20-12-6-5-10(8-13(12)21-2)9-14(17)16-7-3-4-11(16)15(18)19/h5-6,8,11H,3-4,7,9H2,1-2H3,(H,18,19). The van der Waals surface area contributed by atoms with Gasteiger partial charge in [0, 0.05) is 6.54 Å². The lowest BCUT2D eigenvalue weighted by Gasteiger charge is -2.21. The van der Waals surface area contributed by atoms with Gasteiger partial charge >= 0.3 is 5.97 Å². The summed E-state index contributed by atoms with van der Waals surface area (Å²) in [5.74, 6) is 0.0394. The molecule has 1 fully saturated rings. The number of hydrogen-bond acceptors (Lipinski definition) is 4. The summed E-state index contributed by atoms with van der Waals surface area (Å²) in [7, 11) is 3.08. The average molecular weight is 293 g/mol. The lowest BCUT2D eigenvalue weighted by Crippen LogP contribution is -2.41. The van der Waals surface area contributed by atoms with Crippen LogP contribution in [-0.4, -0.2) is 48.7 Å². The van der Waals surface area contributed by atoms with Crippen molar-refractivity contribution in [3.05, 3.63) is 23.8 Å². The van der Waals surface area contributed by atoms with E-state index in [-0.39, 0.29) is 12.3 Å². The number of nitrogens with zero attached hydrogens (tertiary/aromatic N) is 1. The number of benzene rings is 1. The first-order valence-electron chi connectivity index (χ1n) is 6.80. The number of likely N-dealkylation sites (tertiary alicyclic amines) is 1. The number of methoxy groups -OCH3 is 2. The van der Waals surface area contributed by atoms with Gasteiger partial charge in [-0.2, -0.15) is 0 Å². The maximum atomic E-state index is 12.3. The molecule has 6 heteroatoms. The van der Waals surface area contributed by atoms with E-state index in [0.717, 1.165) is 12.0 Å². The second kappa shape index (κ2) is 6.47. The third-order valence-corrected chi connectivity index (χ3v) is 3.66. The Bertz CT molecular complexity index is 543. The van der Waals surface area contributed by atoms with Crippen LogP contribution < -0.4 is 9.47 Å². The average Bonchev–Trinajstić information content (AvgIpc) is 2.96. The third-order valence-electron chi connectivity index (χ3n) is 3.66. The van der Waals surface area contributed by atoms with Crippen molar-refractivity contribution < 1.29 is 24.2 Å². The molecule has 1 aliphatic heterocycles. The van der Waals surface area contributed by atoms with Gasteiger partial charge in [-0.05, 0) is 30.5 Å². The van der Waals surface area contributed by atoms with E-state index in [2.05, 4.69) is 0 Å². The zero-order chi connectivity index (χ0) is 15.4. The molecule has 0 aromatic heterocycles. The molecule has 1 unspecified atom stereocenters. The summed E-state index contributed by atoms with van der Waals surface area (Å²) >= 11 is 0. The number of rotatable bonds is 5. The quantitative estimate of drug-likeness (QED) is 0.886. The molecular weight excluding hydrogens is 274 g/mol. The summed E-state index contributed by atoms with van der Waals surface area (Å²) in [6.45, 7) is 0.503. The van der Waals surface area contributed by atoms with Crippen LogP contribution in [0.1, 0.15) is 18.4 Å². The number of carbonyl (C=O) groups excluding carboxylic acids is 1. The van der Waals surface area contributed by atoms with Gasteiger partial charge in [-0.25, -0.2) is 4.79 Å². The van der Waals surface area contributed by atoms with Crippen molar-refractivity contribution in [2.24, 2.45) is 0 Å². The van der Waals surface area contributed by atoms with Crippen LogP contribution in [0.5, 0.6) is 11.5 Å². The van der Waals surface area contributed by atoms with Crippen molar-refractivity contribution in [2.45, 2.75) is 25.3 Å². The molecule has 21 heavy (non-hydrogen) atoms. The van der Waals surface area contributed by atoms with Crippen molar-refractivity contribution in [3.63, 3.8) is 0 Å². The molecule has 1 aromatic carbocycles. The SMILES string of the molecule is COc1ccc(CC(=O)N2CCCC2C(=O)O)cc1OC. The van der Waals surface area contributed by atoms with E-state index in [1.165, 1.54) is 12.0 Å². The fraction of sp³-hybridized carbons (Fsp3) is 0.467. The van der Waals surface area contributed by atoms with E-state index in [9.17, 15) is 9.59 Å². The van der Waals surface area contributed by atoms with Crippen molar-refractivity contribution in [1.29, 1.82) is 0 Å². The highest BCUT2D eigenvalue weighted by molar-refractivity contribution is 5.85. The molecule has 1 atom stereocenters. The van der Waals surface area contributed by atoms with Crippen LogP contribution in [0.2, 0.25) is 0 Å². The molecule has 1 N–H and O–H groups in total. The van der Waals surface area contributed by atoms with Crippen LogP contribution in [0, 0.1) is 0 Å². The van der Waals surface area contributed by atoms with Crippen molar-refractivity contribution >= 4 is 11.9 Å². The van der Waals surface area contributed by atoms with E-state index in [0.29, 0.717) is 24.5 Å². The molecule has 1 aliphatic rings. The smallest absolute Gasteiger partial charge is 0.326 e. The summed E-state index contributed by atoms with van der Waals surface area (Å²) in [6, 6.07) is 4.56. The van der Waals surface area contributed by atoms with Gasteiger partial charge in [-0.1, -0.05) is 6.07 Å². The summed E-state index contributed by atoms with van der Waals surface area (Å²) in [5.41, 5.74) is 0.772. The second-order valence-corrected chi connectivity index (χ2v) is 4.95. The molecule has 1 aromatic rings. The van der Waals surface area contributed by atoms with Gasteiger partial charge in [-0.3, -0.25) is 4.79 Å². The molecule has 1 saturated heterocycles. The monoisotopic (exact) mass is 293 g/mol. The summed E-state index contributed by atoms with van der Waals surface area (Å²) in [4.78, 5) is 24.8. The largest absolute Gasteiger partial charge is 0.493 e. The zero-order valence-electron chi connectivity index (χ0n) is 12.2. The molecule has 6 nitrogen and oxygen atoms in total. The van der Waals surface area contributed by atoms with Crippen LogP contribution in [0.15, 0.2) is 18.2 Å². The zero-order valence-corrected chi connectivity index (χ0v) is 12.2. The van der Waals surface area contributed by atoms with Crippen LogP contribution in [-0.2, 0) is 16.0 Å². The van der Waals surface area contributed by atoms with Gasteiger partial charge < -0.3 is 19.5 Å². The van der Waals surface area contributed by atoms with Crippen LogP contribution >= 0.6 is 0 Å². The molecule has 0 radical (unpaired) electrons. The highest BCUT2D eigenvalue weighted by atomic mass is 16.5. The Morgan fingerprint density at radius 1 is 1.29 bits per heavy atom. The second-order valence-electron chi connectivity index (χ2n) is 4.95. The number of carbonyl (C=O) groups is 2. The molecule has 1 heterocycles. The minimum Gasteiger partial charge on any atom is -0.493 e. The van der Waals surface area contributed by atoms with Crippen molar-refractivity contribution in [2.75, 3.05) is 20.8 Å². The molecular formula is C15H19NO5. The third kappa shape index (κ3) is 3.26. The van der Waals surface area contributed by atoms with Crippen molar-refractivity contribution in [3.8, 4) is 11.5 Å². The Labute approximate surface area is 123 Å². The highest BCUT2D eigenvalue weighted by Gasteiger charge is 2.33. The number of aliphatic carboxylic acids is 1. The van der Waals surface area contributed by atoms with Crippen LogP contribution in [0.3, 0.4) is 0 Å². The number of amides is 1. The number of hydrogen-bond donors (Lipinski definition) is 1. The maximum Gasteiger partial charge on any atom is 0.326 e. The highest BCUT2D eigenvalue weighted by Crippen LogP contribution is 2.28. The topological polar surface area (TPSA) is 76.1 Å². The van der Waals surface area contributed by atoms with Crippen LogP contribution in [0.4, 0.5) is 0 Å². The molecule has 0 saturated carbocycles. The van der Waals surface area contributed by atoms with Crippen molar-refractivity contribution in [1.82, 2.24) is 4.90 Å². The molecule has 114 valence electrons. The minimum absolute atomic E-state index is 0.157. The fourth-order valence-electron chi connectivity index (χ4n) is 2.59. The summed E-state index contributed by atoms with van der Waals surface area (Å²) in [5, 5.41) is 9.12. The van der Waals surface area contributed by atoms with Crippen LogP contribution in [0.25, 0.3) is 0 Å². The predicted octanol–water partition coefficient (Wildman–Crippen LogP) is 1.32. The molecule has 2 rings (SSSR count). The Kier molecular flexibility index (Phi) is 4.67. The van der Waals surface area contributed by atoms with E-state index in [1.54, 1.807) is 25.3 Å². The molecule has 0 bridgehead atoms. The molecule has 0 spiro atoms. The van der Waals surface area contributed by atoms with E-state index in [1.807, 2.05) is 0 Å². The summed E-state index contributed by atoms with van der Waals surface area (Å²) < 4.78 is 10.3. The van der Waals surface area contributed by atoms with Gasteiger partial charge in [0.25, 0.3) is 0 Å². The minimum atomic E-state index is -0.937. The number of carboxylic acids is 1. The predicted molar refractivity (Wildman–Crippen MR) is 75.6 cm³/mol. The summed E-state index contributed by atoms with van der Waals surface area (Å²) in [6.07, 6.45) is 1.41. The maximum absolute atomic E-state index is 12.3. The first-order chi connectivity index (χ1) is 10.1. The lowest BCUT2D eigenvalue weighted by atomic mass is 10.1. The molecule has 0 aliphatic carbocycles. The van der Waals surface area contributed by atoms with Gasteiger partial charge in [0.15, 0.2) is 11.5 Å². The Hall–Kier alpha value is -2.24. The number of ether oxygens (including phenoxy) is 2. The fourth-order valence-corrected chi connectivity index (χ4v) is 2.59. The first-order valence-corrected chi connectivity index (χ1v) is 6.80. The van der Waals surface area contributed by atoms with E-state index < -0.39 is 12.0 Å². The van der Waals surface area contributed by atoms with Gasteiger partial charge in [0.05, 0.1) is 20.6 Å². The lowest BCUT2D eigenvalue weighted by molar-refractivity contribution is -0.148. The Morgan fingerprint density at radius 3 is 2.62 bits per heavy atom. The Balaban J connectivity index is 2.11. The van der Waals surface area contributed by atoms with Gasteiger partial charge in [-0.15, -0.1) is 0 Å². The van der Waals surface area contributed by atoms with E-state index in [4.69, 9.17) is 14.6 Å².